The van der Waals surface area contributed by atoms with Crippen LogP contribution in [-0.4, -0.2) is 53.5 Å². The van der Waals surface area contributed by atoms with Crippen molar-refractivity contribution in [3.05, 3.63) is 59.9 Å². The van der Waals surface area contributed by atoms with Crippen LogP contribution in [0.1, 0.15) is 22.8 Å². The van der Waals surface area contributed by atoms with Crippen molar-refractivity contribution in [3.63, 3.8) is 0 Å². The van der Waals surface area contributed by atoms with Gasteiger partial charge >= 0.3 is 0 Å². The monoisotopic (exact) mass is 348 g/mol. The van der Waals surface area contributed by atoms with E-state index in [9.17, 15) is 4.79 Å². The van der Waals surface area contributed by atoms with E-state index in [0.29, 0.717) is 5.56 Å². The SMILES string of the molecule is CCN1CCN(c2ccnc3c2ccn3Cc2ccc(C=O)cc2)CC1. The number of piperazine rings is 1. The lowest BCUT2D eigenvalue weighted by molar-refractivity contribution is 0.112. The normalized spacial score (nSPS) is 15.5. The molecule has 0 radical (unpaired) electrons. The number of rotatable bonds is 5. The van der Waals surface area contributed by atoms with E-state index in [2.05, 4.69) is 44.6 Å². The third-order valence-corrected chi connectivity index (χ3v) is 5.27. The fourth-order valence-corrected chi connectivity index (χ4v) is 3.68. The molecule has 0 bridgehead atoms. The van der Waals surface area contributed by atoms with E-state index >= 15 is 0 Å². The number of hydrogen-bond acceptors (Lipinski definition) is 4. The number of pyridine rings is 1. The number of nitrogens with zero attached hydrogens (tertiary/aromatic N) is 4. The maximum Gasteiger partial charge on any atom is 0.150 e. The molecule has 0 atom stereocenters. The first-order chi connectivity index (χ1) is 12.8. The van der Waals surface area contributed by atoms with Crippen LogP contribution in [-0.2, 0) is 6.54 Å². The van der Waals surface area contributed by atoms with Crippen LogP contribution in [0.25, 0.3) is 11.0 Å². The summed E-state index contributed by atoms with van der Waals surface area (Å²) in [7, 11) is 0. The molecular weight excluding hydrogens is 324 g/mol. The van der Waals surface area contributed by atoms with Crippen LogP contribution in [0, 0.1) is 0 Å². The van der Waals surface area contributed by atoms with Crippen LogP contribution in [0.15, 0.2) is 48.8 Å². The zero-order valence-corrected chi connectivity index (χ0v) is 15.1. The second-order valence-electron chi connectivity index (χ2n) is 6.79. The summed E-state index contributed by atoms with van der Waals surface area (Å²) >= 11 is 0. The van der Waals surface area contributed by atoms with Gasteiger partial charge in [-0.1, -0.05) is 31.2 Å². The fraction of sp³-hybridized carbons (Fsp3) is 0.333. The summed E-state index contributed by atoms with van der Waals surface area (Å²) in [5.41, 5.74) is 4.16. The summed E-state index contributed by atoms with van der Waals surface area (Å²) in [6, 6.07) is 12.0. The topological polar surface area (TPSA) is 41.4 Å². The van der Waals surface area contributed by atoms with Gasteiger partial charge < -0.3 is 14.4 Å². The van der Waals surface area contributed by atoms with Crippen LogP contribution in [0.2, 0.25) is 0 Å². The second kappa shape index (κ2) is 7.30. The predicted molar refractivity (Wildman–Crippen MR) is 105 cm³/mol. The lowest BCUT2D eigenvalue weighted by atomic mass is 10.1. The quantitative estimate of drug-likeness (QED) is 0.665. The largest absolute Gasteiger partial charge is 0.368 e. The average Bonchev–Trinajstić information content (AvgIpc) is 3.11. The highest BCUT2D eigenvalue weighted by atomic mass is 16.1. The van der Waals surface area contributed by atoms with Crippen LogP contribution < -0.4 is 4.90 Å². The Hall–Kier alpha value is -2.66. The lowest BCUT2D eigenvalue weighted by Crippen LogP contribution is -2.46. The molecule has 1 saturated heterocycles. The van der Waals surface area contributed by atoms with Crippen LogP contribution in [0.3, 0.4) is 0 Å². The summed E-state index contributed by atoms with van der Waals surface area (Å²) in [6.45, 7) is 8.45. The van der Waals surface area contributed by atoms with Gasteiger partial charge in [-0.15, -0.1) is 0 Å². The van der Waals surface area contributed by atoms with Crippen molar-refractivity contribution in [3.8, 4) is 0 Å². The lowest BCUT2D eigenvalue weighted by Gasteiger charge is -2.35. The summed E-state index contributed by atoms with van der Waals surface area (Å²) in [6.07, 6.45) is 4.90. The maximum atomic E-state index is 10.8. The first-order valence-corrected chi connectivity index (χ1v) is 9.24. The van der Waals surface area contributed by atoms with E-state index in [0.717, 1.165) is 56.8 Å². The summed E-state index contributed by atoms with van der Waals surface area (Å²) < 4.78 is 2.18. The van der Waals surface area contributed by atoms with Gasteiger partial charge in [-0.2, -0.15) is 0 Å². The van der Waals surface area contributed by atoms with E-state index in [1.165, 1.54) is 11.1 Å². The van der Waals surface area contributed by atoms with Crippen LogP contribution >= 0.6 is 0 Å². The molecule has 0 spiro atoms. The second-order valence-corrected chi connectivity index (χ2v) is 6.79. The minimum atomic E-state index is 0.706. The van der Waals surface area contributed by atoms with Gasteiger partial charge in [-0.05, 0) is 24.2 Å². The molecule has 0 unspecified atom stereocenters. The summed E-state index contributed by atoms with van der Waals surface area (Å²) in [5, 5.41) is 1.21. The third kappa shape index (κ3) is 3.22. The van der Waals surface area contributed by atoms with Crippen LogP contribution in [0.4, 0.5) is 5.69 Å². The van der Waals surface area contributed by atoms with E-state index in [1.807, 2.05) is 30.5 Å². The molecular formula is C21H24N4O. The standard InChI is InChI=1S/C21H24N4O/c1-2-23-11-13-24(14-12-23)20-7-9-22-21-19(20)8-10-25(21)15-17-3-5-18(16-26)6-4-17/h3-10,16H,2,11-15H2,1H3. The summed E-state index contributed by atoms with van der Waals surface area (Å²) in [5.74, 6) is 0. The Labute approximate surface area is 153 Å². The Balaban J connectivity index is 1.59. The molecule has 3 aromatic rings. The highest BCUT2D eigenvalue weighted by Crippen LogP contribution is 2.27. The van der Waals surface area contributed by atoms with Gasteiger partial charge in [0.15, 0.2) is 0 Å². The maximum absolute atomic E-state index is 10.8. The Morgan fingerprint density at radius 1 is 1.04 bits per heavy atom. The van der Waals surface area contributed by atoms with Crippen molar-refractivity contribution in [1.82, 2.24) is 14.5 Å². The number of aldehydes is 1. The Morgan fingerprint density at radius 2 is 1.81 bits per heavy atom. The third-order valence-electron chi connectivity index (χ3n) is 5.27. The smallest absolute Gasteiger partial charge is 0.150 e. The molecule has 3 heterocycles. The highest BCUT2D eigenvalue weighted by molar-refractivity contribution is 5.90. The van der Waals surface area contributed by atoms with Gasteiger partial charge in [0.05, 0.1) is 0 Å². The van der Waals surface area contributed by atoms with E-state index < -0.39 is 0 Å². The van der Waals surface area contributed by atoms with Crippen molar-refractivity contribution in [1.29, 1.82) is 0 Å². The zero-order valence-electron chi connectivity index (χ0n) is 15.1. The van der Waals surface area contributed by atoms with E-state index in [4.69, 9.17) is 0 Å². The Kier molecular flexibility index (Phi) is 4.71. The minimum absolute atomic E-state index is 0.706. The highest BCUT2D eigenvalue weighted by Gasteiger charge is 2.18. The van der Waals surface area contributed by atoms with Crippen molar-refractivity contribution < 1.29 is 4.79 Å². The van der Waals surface area contributed by atoms with Gasteiger partial charge in [0.1, 0.15) is 11.9 Å². The molecule has 1 fully saturated rings. The molecule has 0 N–H and O–H groups in total. The molecule has 134 valence electrons. The van der Waals surface area contributed by atoms with E-state index in [-0.39, 0.29) is 0 Å². The molecule has 0 amide bonds. The van der Waals surface area contributed by atoms with Crippen molar-refractivity contribution in [2.45, 2.75) is 13.5 Å². The van der Waals surface area contributed by atoms with E-state index in [1.54, 1.807) is 0 Å². The van der Waals surface area contributed by atoms with Crippen molar-refractivity contribution >= 4 is 23.0 Å². The number of fused-ring (bicyclic) bond motifs is 1. The van der Waals surface area contributed by atoms with Gasteiger partial charge in [0.25, 0.3) is 0 Å². The number of carbonyl (C=O) groups is 1. The van der Waals surface area contributed by atoms with Crippen molar-refractivity contribution in [2.75, 3.05) is 37.6 Å². The number of likely N-dealkylation sites (N-methyl/N-ethyl adjacent to an activating group) is 1. The first kappa shape index (κ1) is 16.8. The molecule has 1 aliphatic heterocycles. The van der Waals surface area contributed by atoms with Crippen LogP contribution in [0.5, 0.6) is 0 Å². The van der Waals surface area contributed by atoms with Gasteiger partial charge in [-0.3, -0.25) is 4.79 Å². The Bertz CT molecular complexity index is 892. The molecule has 2 aromatic heterocycles. The molecule has 5 heteroatoms. The number of hydrogen-bond donors (Lipinski definition) is 0. The molecule has 1 aromatic carbocycles. The average molecular weight is 348 g/mol. The van der Waals surface area contributed by atoms with Gasteiger partial charge in [0, 0.05) is 61.8 Å². The molecule has 1 aliphatic rings. The predicted octanol–water partition coefficient (Wildman–Crippen LogP) is 3.04. The number of aromatic nitrogens is 2. The molecule has 0 aliphatic carbocycles. The van der Waals surface area contributed by atoms with Gasteiger partial charge in [-0.25, -0.2) is 4.98 Å². The number of carbonyl (C=O) groups excluding carboxylic acids is 1. The fourth-order valence-electron chi connectivity index (χ4n) is 3.68. The number of anilines is 1. The molecule has 5 nitrogen and oxygen atoms in total. The van der Waals surface area contributed by atoms with Crippen molar-refractivity contribution in [2.24, 2.45) is 0 Å². The summed E-state index contributed by atoms with van der Waals surface area (Å²) in [4.78, 5) is 20.4. The minimum Gasteiger partial charge on any atom is -0.368 e. The van der Waals surface area contributed by atoms with Gasteiger partial charge in [0.2, 0.25) is 0 Å². The molecule has 26 heavy (non-hydrogen) atoms. The molecule has 4 rings (SSSR count). The number of benzene rings is 1. The first-order valence-electron chi connectivity index (χ1n) is 9.24. The molecule has 0 saturated carbocycles. The zero-order chi connectivity index (χ0) is 17.9. The Morgan fingerprint density at radius 3 is 2.50 bits per heavy atom.